The minimum absolute atomic E-state index is 0.0838. The van der Waals surface area contributed by atoms with Crippen LogP contribution in [0.5, 0.6) is 0 Å². The first-order chi connectivity index (χ1) is 14.8. The van der Waals surface area contributed by atoms with Crippen LogP contribution < -0.4 is 11.1 Å². The number of rotatable bonds is 8. The lowest BCUT2D eigenvalue weighted by molar-refractivity contribution is -0.129. The molecule has 3 N–H and O–H groups in total. The lowest BCUT2D eigenvalue weighted by Crippen LogP contribution is -2.41. The summed E-state index contributed by atoms with van der Waals surface area (Å²) in [5.41, 5.74) is 6.48. The summed E-state index contributed by atoms with van der Waals surface area (Å²) in [6, 6.07) is 6.64. The smallest absolute Gasteiger partial charge is 0.266 e. The Morgan fingerprint density at radius 3 is 2.68 bits per heavy atom. The predicted molar refractivity (Wildman–Crippen MR) is 117 cm³/mol. The third-order valence-corrected chi connectivity index (χ3v) is 5.76. The van der Waals surface area contributed by atoms with Crippen molar-refractivity contribution in [1.29, 1.82) is 0 Å². The molecule has 2 atom stereocenters. The van der Waals surface area contributed by atoms with E-state index in [1.165, 1.54) is 12.0 Å². The van der Waals surface area contributed by atoms with Crippen molar-refractivity contribution in [3.63, 3.8) is 0 Å². The van der Waals surface area contributed by atoms with Crippen LogP contribution in [0.2, 0.25) is 0 Å². The molecule has 0 saturated heterocycles. The van der Waals surface area contributed by atoms with Crippen molar-refractivity contribution in [2.45, 2.75) is 38.3 Å². The molecular weight excluding hydrogens is 398 g/mol. The number of ketones is 1. The van der Waals surface area contributed by atoms with Crippen molar-refractivity contribution in [2.75, 3.05) is 32.6 Å². The summed E-state index contributed by atoms with van der Waals surface area (Å²) in [5.74, 6) is -0.387. The fraction of sp³-hybridized carbons (Fsp3) is 0.455. The fourth-order valence-corrected chi connectivity index (χ4v) is 4.13. The van der Waals surface area contributed by atoms with E-state index >= 15 is 0 Å². The maximum absolute atomic E-state index is 13.5. The van der Waals surface area contributed by atoms with Gasteiger partial charge in [-0.2, -0.15) is 0 Å². The van der Waals surface area contributed by atoms with Gasteiger partial charge in [0.05, 0.1) is 6.04 Å². The topological polar surface area (TPSA) is 117 Å². The number of nitrogens with two attached hydrogens (primary N) is 1. The van der Waals surface area contributed by atoms with Crippen molar-refractivity contribution < 1.29 is 19.1 Å². The number of methoxy groups -OCH3 is 1. The highest BCUT2D eigenvalue weighted by Crippen LogP contribution is 2.45. The van der Waals surface area contributed by atoms with Crippen molar-refractivity contribution in [3.05, 3.63) is 41.6 Å². The highest BCUT2D eigenvalue weighted by molar-refractivity contribution is 6.09. The SMILES string of the molecule is CCC(=O)C1CC(C2(c3cccc(NC(=O)COC)c3)N=C(N)N(C)C2=O)=CN1CC. The van der Waals surface area contributed by atoms with Gasteiger partial charge in [-0.25, -0.2) is 4.99 Å². The molecule has 9 heteroatoms. The van der Waals surface area contributed by atoms with E-state index in [1.807, 2.05) is 24.9 Å². The first-order valence-corrected chi connectivity index (χ1v) is 10.3. The number of anilines is 1. The largest absolute Gasteiger partial charge is 0.375 e. The van der Waals surface area contributed by atoms with Crippen molar-refractivity contribution in [2.24, 2.45) is 10.7 Å². The molecule has 3 rings (SSSR count). The lowest BCUT2D eigenvalue weighted by Gasteiger charge is -2.27. The van der Waals surface area contributed by atoms with E-state index in [0.717, 1.165) is 0 Å². The molecule has 2 aliphatic rings. The van der Waals surface area contributed by atoms with Crippen molar-refractivity contribution in [3.8, 4) is 0 Å². The van der Waals surface area contributed by atoms with Crippen LogP contribution in [0.15, 0.2) is 41.0 Å². The number of Topliss-reactive ketones (excluding diaryl/α,β-unsaturated/α-hetero) is 1. The van der Waals surface area contributed by atoms with E-state index < -0.39 is 5.54 Å². The van der Waals surface area contributed by atoms with Crippen molar-refractivity contribution >= 4 is 29.2 Å². The molecule has 1 aromatic rings. The van der Waals surface area contributed by atoms with Crippen LogP contribution in [0.1, 0.15) is 32.3 Å². The average Bonchev–Trinajstić information content (AvgIpc) is 3.29. The highest BCUT2D eigenvalue weighted by atomic mass is 16.5. The van der Waals surface area contributed by atoms with Crippen LogP contribution in [0, 0.1) is 0 Å². The Kier molecular flexibility index (Phi) is 6.45. The molecule has 2 heterocycles. The number of likely N-dealkylation sites (N-methyl/N-ethyl adjacent to an activating group) is 2. The molecule has 0 aromatic heterocycles. The van der Waals surface area contributed by atoms with Crippen LogP contribution in [-0.2, 0) is 24.7 Å². The summed E-state index contributed by atoms with van der Waals surface area (Å²) in [7, 11) is 3.02. The maximum atomic E-state index is 13.5. The molecule has 0 aliphatic carbocycles. The third kappa shape index (κ3) is 3.93. The predicted octanol–water partition coefficient (Wildman–Crippen LogP) is 1.21. The van der Waals surface area contributed by atoms with Crippen LogP contribution in [-0.4, -0.2) is 66.7 Å². The Labute approximate surface area is 181 Å². The summed E-state index contributed by atoms with van der Waals surface area (Å²) in [6.45, 7) is 4.35. The summed E-state index contributed by atoms with van der Waals surface area (Å²) >= 11 is 0. The Balaban J connectivity index is 2.08. The number of hydrogen-bond acceptors (Lipinski definition) is 7. The van der Waals surface area contributed by atoms with E-state index in [2.05, 4.69) is 10.3 Å². The second kappa shape index (κ2) is 8.89. The number of nitrogens with zero attached hydrogens (tertiary/aromatic N) is 3. The second-order valence-electron chi connectivity index (χ2n) is 7.63. The van der Waals surface area contributed by atoms with E-state index in [-0.39, 0.29) is 36.2 Å². The number of carbonyl (C=O) groups excluding carboxylic acids is 3. The molecule has 2 unspecified atom stereocenters. The number of carbonyl (C=O) groups is 3. The van der Waals surface area contributed by atoms with Gasteiger partial charge in [0.1, 0.15) is 6.61 Å². The van der Waals surface area contributed by atoms with Gasteiger partial charge in [-0.1, -0.05) is 19.1 Å². The number of aliphatic imine (C=N–C) groups is 1. The number of benzene rings is 1. The molecule has 166 valence electrons. The summed E-state index contributed by atoms with van der Waals surface area (Å²) in [6.07, 6.45) is 2.66. The second-order valence-corrected chi connectivity index (χ2v) is 7.63. The van der Waals surface area contributed by atoms with Crippen LogP contribution in [0.3, 0.4) is 0 Å². The molecule has 2 aliphatic heterocycles. The van der Waals surface area contributed by atoms with Crippen LogP contribution in [0.4, 0.5) is 5.69 Å². The molecule has 0 spiro atoms. The van der Waals surface area contributed by atoms with E-state index in [9.17, 15) is 14.4 Å². The molecule has 0 saturated carbocycles. The first kappa shape index (κ1) is 22.5. The lowest BCUT2D eigenvalue weighted by atomic mass is 9.80. The van der Waals surface area contributed by atoms with Gasteiger partial charge < -0.3 is 20.7 Å². The van der Waals surface area contributed by atoms with E-state index in [0.29, 0.717) is 36.2 Å². The van der Waals surface area contributed by atoms with Crippen molar-refractivity contribution in [1.82, 2.24) is 9.80 Å². The molecule has 9 nitrogen and oxygen atoms in total. The van der Waals surface area contributed by atoms with Gasteiger partial charge in [0.2, 0.25) is 5.91 Å². The molecule has 0 radical (unpaired) electrons. The Bertz CT molecular complexity index is 957. The zero-order valence-corrected chi connectivity index (χ0v) is 18.3. The van der Waals surface area contributed by atoms with E-state index in [1.54, 1.807) is 31.3 Å². The molecule has 31 heavy (non-hydrogen) atoms. The minimum atomic E-state index is -1.38. The molecular formula is C22H29N5O4. The van der Waals surface area contributed by atoms with Gasteiger partial charge in [-0.05, 0) is 30.2 Å². The number of ether oxygens (including phenoxy) is 1. The molecule has 0 fully saturated rings. The summed E-state index contributed by atoms with van der Waals surface area (Å²) in [4.78, 5) is 45.9. The Morgan fingerprint density at radius 2 is 2.10 bits per heavy atom. The summed E-state index contributed by atoms with van der Waals surface area (Å²) < 4.78 is 4.86. The number of guanidine groups is 1. The van der Waals surface area contributed by atoms with E-state index in [4.69, 9.17) is 10.5 Å². The van der Waals surface area contributed by atoms with Gasteiger partial charge in [-0.3, -0.25) is 19.3 Å². The molecule has 0 bridgehead atoms. The first-order valence-electron chi connectivity index (χ1n) is 10.3. The van der Waals surface area contributed by atoms with Gasteiger partial charge in [0, 0.05) is 45.4 Å². The van der Waals surface area contributed by atoms with Gasteiger partial charge in [0.25, 0.3) is 5.91 Å². The Morgan fingerprint density at radius 1 is 1.35 bits per heavy atom. The average molecular weight is 428 g/mol. The standard InChI is InChI=1S/C22H29N5O4/c1-5-18(28)17-11-15(12-27(17)6-2)22(20(30)26(3)21(23)25-22)14-8-7-9-16(10-14)24-19(29)13-31-4/h7-10,12,17H,5-6,11,13H2,1-4H3,(H2,23,25)(H,24,29). The van der Waals surface area contributed by atoms with Gasteiger partial charge >= 0.3 is 0 Å². The Hall–Kier alpha value is -3.20. The minimum Gasteiger partial charge on any atom is -0.375 e. The van der Waals surface area contributed by atoms with Crippen LogP contribution in [0.25, 0.3) is 0 Å². The number of amides is 2. The monoisotopic (exact) mass is 427 g/mol. The quantitative estimate of drug-likeness (QED) is 0.644. The summed E-state index contributed by atoms with van der Waals surface area (Å²) in [5, 5.41) is 2.76. The number of nitrogens with one attached hydrogen (secondary N) is 1. The maximum Gasteiger partial charge on any atom is 0.266 e. The molecule has 1 aromatic carbocycles. The molecule has 2 amide bonds. The number of hydrogen-bond donors (Lipinski definition) is 2. The van der Waals surface area contributed by atoms with Gasteiger partial charge in [0.15, 0.2) is 17.3 Å². The zero-order valence-electron chi connectivity index (χ0n) is 18.3. The third-order valence-electron chi connectivity index (χ3n) is 5.76. The fourth-order valence-electron chi connectivity index (χ4n) is 4.13. The normalized spacial score (nSPS) is 23.1. The van der Waals surface area contributed by atoms with Crippen LogP contribution >= 0.6 is 0 Å². The highest BCUT2D eigenvalue weighted by Gasteiger charge is 2.53. The van der Waals surface area contributed by atoms with Gasteiger partial charge in [-0.15, -0.1) is 0 Å². The zero-order chi connectivity index (χ0) is 22.8.